The zero-order valence-electron chi connectivity index (χ0n) is 13.4. The Morgan fingerprint density at radius 3 is 2.50 bits per heavy atom. The molecule has 0 spiro atoms. The molecular formula is C17H18N2O5. The molecule has 0 aliphatic carbocycles. The van der Waals surface area contributed by atoms with Crippen LogP contribution >= 0.6 is 0 Å². The molecule has 2 rings (SSSR count). The number of hydrogen-bond donors (Lipinski definition) is 2. The number of nitrogens with one attached hydrogen (secondary N) is 1. The molecule has 0 bridgehead atoms. The maximum absolute atomic E-state index is 11.5. The molecule has 0 amide bonds. The van der Waals surface area contributed by atoms with Gasteiger partial charge in [0.25, 0.3) is 5.69 Å². The maximum Gasteiger partial charge on any atom is 0.280 e. The van der Waals surface area contributed by atoms with Crippen LogP contribution in [0.25, 0.3) is 0 Å². The zero-order chi connectivity index (χ0) is 17.7. The van der Waals surface area contributed by atoms with Crippen molar-refractivity contribution in [2.45, 2.75) is 13.0 Å². The first kappa shape index (κ1) is 17.4. The predicted octanol–water partition coefficient (Wildman–Crippen LogP) is 2.95. The maximum atomic E-state index is 11.5. The van der Waals surface area contributed by atoms with E-state index in [4.69, 9.17) is 4.74 Å². The molecule has 1 atom stereocenters. The van der Waals surface area contributed by atoms with Gasteiger partial charge in [-0.3, -0.25) is 14.9 Å². The molecule has 2 aromatic carbocycles. The number of benzene rings is 2. The SMILES string of the molecule is COc1ccc([C@@H](O)CNc2ccc([N+](=O)[O-])c(C(C)=O)c2)cc1. The highest BCUT2D eigenvalue weighted by atomic mass is 16.6. The lowest BCUT2D eigenvalue weighted by molar-refractivity contribution is -0.385. The van der Waals surface area contributed by atoms with Crippen LogP contribution in [0.15, 0.2) is 42.5 Å². The van der Waals surface area contributed by atoms with Crippen molar-refractivity contribution in [1.82, 2.24) is 0 Å². The molecule has 2 aromatic rings. The number of rotatable bonds is 7. The Kier molecular flexibility index (Phi) is 5.49. The van der Waals surface area contributed by atoms with Gasteiger partial charge in [0.15, 0.2) is 5.78 Å². The Hall–Kier alpha value is -2.93. The summed E-state index contributed by atoms with van der Waals surface area (Å²) in [5.74, 6) is 0.307. The van der Waals surface area contributed by atoms with Crippen molar-refractivity contribution in [2.24, 2.45) is 0 Å². The van der Waals surface area contributed by atoms with Crippen molar-refractivity contribution in [2.75, 3.05) is 19.0 Å². The molecule has 24 heavy (non-hydrogen) atoms. The first-order chi connectivity index (χ1) is 11.4. The Bertz CT molecular complexity index is 743. The van der Waals surface area contributed by atoms with Crippen LogP contribution in [0.1, 0.15) is 28.9 Å². The fraction of sp³-hybridized carbons (Fsp3) is 0.235. The largest absolute Gasteiger partial charge is 0.497 e. The second kappa shape index (κ2) is 7.56. The number of nitrogens with zero attached hydrogens (tertiary/aromatic N) is 1. The number of carbonyl (C=O) groups excluding carboxylic acids is 1. The number of methoxy groups -OCH3 is 1. The highest BCUT2D eigenvalue weighted by Crippen LogP contribution is 2.24. The van der Waals surface area contributed by atoms with E-state index in [1.54, 1.807) is 31.4 Å². The molecule has 0 unspecified atom stereocenters. The number of ether oxygens (including phenoxy) is 1. The molecule has 0 aromatic heterocycles. The molecule has 0 saturated heterocycles. The van der Waals surface area contributed by atoms with Crippen LogP contribution in [0.4, 0.5) is 11.4 Å². The lowest BCUT2D eigenvalue weighted by Gasteiger charge is -2.14. The zero-order valence-corrected chi connectivity index (χ0v) is 13.4. The number of aliphatic hydroxyl groups is 1. The first-order valence-corrected chi connectivity index (χ1v) is 7.27. The second-order valence-corrected chi connectivity index (χ2v) is 5.22. The van der Waals surface area contributed by atoms with E-state index in [0.717, 1.165) is 0 Å². The van der Waals surface area contributed by atoms with Crippen molar-refractivity contribution in [3.05, 3.63) is 63.7 Å². The van der Waals surface area contributed by atoms with Crippen LogP contribution in [-0.4, -0.2) is 29.5 Å². The van der Waals surface area contributed by atoms with Gasteiger partial charge in [0, 0.05) is 18.3 Å². The summed E-state index contributed by atoms with van der Waals surface area (Å²) in [6.45, 7) is 1.47. The summed E-state index contributed by atoms with van der Waals surface area (Å²) in [5, 5.41) is 24.1. The number of Topliss-reactive ketones (excluding diaryl/α,β-unsaturated/α-hetero) is 1. The summed E-state index contributed by atoms with van der Waals surface area (Å²) in [5.41, 5.74) is 1.03. The van der Waals surface area contributed by atoms with E-state index in [2.05, 4.69) is 5.32 Å². The van der Waals surface area contributed by atoms with E-state index in [-0.39, 0.29) is 23.6 Å². The van der Waals surface area contributed by atoms with E-state index in [0.29, 0.717) is 17.0 Å². The van der Waals surface area contributed by atoms with Crippen LogP contribution in [0, 0.1) is 10.1 Å². The van der Waals surface area contributed by atoms with E-state index < -0.39 is 11.0 Å². The average molecular weight is 330 g/mol. The molecule has 2 N–H and O–H groups in total. The lowest BCUT2D eigenvalue weighted by atomic mass is 10.1. The quantitative estimate of drug-likeness (QED) is 0.460. The minimum Gasteiger partial charge on any atom is -0.497 e. The molecule has 7 nitrogen and oxygen atoms in total. The molecule has 126 valence electrons. The van der Waals surface area contributed by atoms with E-state index in [1.807, 2.05) is 0 Å². The minimum atomic E-state index is -0.771. The number of carbonyl (C=O) groups is 1. The molecule has 0 heterocycles. The van der Waals surface area contributed by atoms with Gasteiger partial charge in [-0.05, 0) is 36.8 Å². The van der Waals surface area contributed by atoms with Gasteiger partial charge < -0.3 is 15.2 Å². The van der Waals surface area contributed by atoms with Crippen LogP contribution in [0.5, 0.6) is 5.75 Å². The lowest BCUT2D eigenvalue weighted by Crippen LogP contribution is -2.12. The normalized spacial score (nSPS) is 11.6. The van der Waals surface area contributed by atoms with Crippen molar-refractivity contribution >= 4 is 17.2 Å². The Labute approximate surface area is 139 Å². The predicted molar refractivity (Wildman–Crippen MR) is 89.5 cm³/mol. The second-order valence-electron chi connectivity index (χ2n) is 5.22. The van der Waals surface area contributed by atoms with Gasteiger partial charge >= 0.3 is 0 Å². The Balaban J connectivity index is 2.09. The van der Waals surface area contributed by atoms with Crippen molar-refractivity contribution in [3.8, 4) is 5.75 Å². The van der Waals surface area contributed by atoms with Gasteiger partial charge in [-0.25, -0.2) is 0 Å². The van der Waals surface area contributed by atoms with Crippen molar-refractivity contribution < 1.29 is 19.6 Å². The minimum absolute atomic E-state index is 0.0314. The van der Waals surface area contributed by atoms with E-state index in [1.165, 1.54) is 25.1 Å². The van der Waals surface area contributed by atoms with Gasteiger partial charge in [-0.2, -0.15) is 0 Å². The standard InChI is InChI=1S/C17H18N2O5/c1-11(20)15-9-13(5-8-16(15)19(22)23)18-10-17(21)12-3-6-14(24-2)7-4-12/h3-9,17-18,21H,10H2,1-2H3/t17-/m0/s1. The summed E-state index contributed by atoms with van der Waals surface area (Å²) >= 11 is 0. The van der Waals surface area contributed by atoms with Gasteiger partial charge in [0.2, 0.25) is 0 Å². The molecule has 0 saturated carbocycles. The summed E-state index contributed by atoms with van der Waals surface area (Å²) in [7, 11) is 1.56. The first-order valence-electron chi connectivity index (χ1n) is 7.27. The number of ketones is 1. The van der Waals surface area contributed by atoms with Crippen LogP contribution in [0.2, 0.25) is 0 Å². The molecule has 0 fully saturated rings. The van der Waals surface area contributed by atoms with Crippen molar-refractivity contribution in [1.29, 1.82) is 0 Å². The molecule has 0 aliphatic rings. The van der Waals surface area contributed by atoms with Crippen LogP contribution in [0.3, 0.4) is 0 Å². The van der Waals surface area contributed by atoms with Crippen molar-refractivity contribution in [3.63, 3.8) is 0 Å². The van der Waals surface area contributed by atoms with Crippen LogP contribution < -0.4 is 10.1 Å². The molecule has 7 heteroatoms. The highest BCUT2D eigenvalue weighted by Gasteiger charge is 2.18. The summed E-state index contributed by atoms with van der Waals surface area (Å²) in [4.78, 5) is 21.9. The Morgan fingerprint density at radius 1 is 1.29 bits per heavy atom. The van der Waals surface area contributed by atoms with E-state index >= 15 is 0 Å². The number of anilines is 1. The van der Waals surface area contributed by atoms with Crippen LogP contribution in [-0.2, 0) is 0 Å². The summed E-state index contributed by atoms with van der Waals surface area (Å²) in [6.07, 6.45) is -0.771. The number of nitro benzene ring substituents is 1. The average Bonchev–Trinajstić information content (AvgIpc) is 2.59. The van der Waals surface area contributed by atoms with Gasteiger partial charge in [-0.15, -0.1) is 0 Å². The van der Waals surface area contributed by atoms with E-state index in [9.17, 15) is 20.0 Å². The number of hydrogen-bond acceptors (Lipinski definition) is 6. The third-order valence-electron chi connectivity index (χ3n) is 3.57. The monoisotopic (exact) mass is 330 g/mol. The topological polar surface area (TPSA) is 102 Å². The molecule has 0 radical (unpaired) electrons. The fourth-order valence-electron chi connectivity index (χ4n) is 2.25. The Morgan fingerprint density at radius 2 is 1.96 bits per heavy atom. The number of aliphatic hydroxyl groups excluding tert-OH is 1. The third-order valence-corrected chi connectivity index (χ3v) is 3.57. The summed E-state index contributed by atoms with van der Waals surface area (Å²) in [6, 6.07) is 11.2. The van der Waals surface area contributed by atoms with Gasteiger partial charge in [0.05, 0.1) is 23.7 Å². The smallest absolute Gasteiger partial charge is 0.280 e. The van der Waals surface area contributed by atoms with Gasteiger partial charge in [0.1, 0.15) is 5.75 Å². The number of nitro groups is 1. The van der Waals surface area contributed by atoms with Gasteiger partial charge in [-0.1, -0.05) is 12.1 Å². The highest BCUT2D eigenvalue weighted by molar-refractivity contribution is 5.99. The molecular weight excluding hydrogens is 312 g/mol. The molecule has 0 aliphatic heterocycles. The third kappa shape index (κ3) is 4.08. The fourth-order valence-corrected chi connectivity index (χ4v) is 2.25. The summed E-state index contributed by atoms with van der Waals surface area (Å²) < 4.78 is 5.06.